The molecule has 1 aromatic rings. The van der Waals surface area contributed by atoms with Crippen molar-refractivity contribution in [3.05, 3.63) is 23.8 Å². The Morgan fingerprint density at radius 2 is 1.70 bits per heavy atom. The smallest absolute Gasteiger partial charge is 0.410 e. The van der Waals surface area contributed by atoms with E-state index in [9.17, 15) is 14.4 Å². The van der Waals surface area contributed by atoms with Crippen molar-refractivity contribution >= 4 is 23.6 Å². The number of benzene rings is 1. The molecular weight excluding hydrogens is 386 g/mol. The Morgan fingerprint density at radius 1 is 1.07 bits per heavy atom. The molecule has 2 aliphatic rings. The Morgan fingerprint density at radius 3 is 2.30 bits per heavy atom. The normalized spacial score (nSPS) is 19.8. The third-order valence-corrected chi connectivity index (χ3v) is 5.34. The summed E-state index contributed by atoms with van der Waals surface area (Å²) < 4.78 is 10.8. The number of piperazine rings is 1. The molecule has 0 saturated carbocycles. The summed E-state index contributed by atoms with van der Waals surface area (Å²) in [7, 11) is 1.57. The van der Waals surface area contributed by atoms with Gasteiger partial charge in [0, 0.05) is 39.1 Å². The maximum atomic E-state index is 13.0. The maximum Gasteiger partial charge on any atom is 0.410 e. The molecule has 8 heteroatoms. The number of ether oxygens (including phenoxy) is 2. The summed E-state index contributed by atoms with van der Waals surface area (Å²) in [6.07, 6.45) is -0.175. The number of carbonyl (C=O) groups excluding carboxylic acids is 3. The van der Waals surface area contributed by atoms with E-state index in [1.54, 1.807) is 21.8 Å². The van der Waals surface area contributed by atoms with Gasteiger partial charge in [0.1, 0.15) is 11.4 Å². The second-order valence-corrected chi connectivity index (χ2v) is 8.87. The fourth-order valence-corrected chi connectivity index (χ4v) is 3.81. The van der Waals surface area contributed by atoms with Crippen LogP contribution in [0.5, 0.6) is 5.75 Å². The van der Waals surface area contributed by atoms with Gasteiger partial charge in [-0.2, -0.15) is 0 Å². The standard InChI is InChI=1S/C22H31N3O5/c1-15-6-7-18(29-5)17(12-15)25-14-16(13-19(25)26)20(27)23-8-10-24(11-9-23)21(28)30-22(2,3)4/h6-7,12,16H,8-11,13-14H2,1-5H3/t16-/m0/s1. The Bertz CT molecular complexity index is 825. The molecule has 8 nitrogen and oxygen atoms in total. The average molecular weight is 418 g/mol. The molecule has 2 saturated heterocycles. The molecule has 1 aromatic carbocycles. The van der Waals surface area contributed by atoms with E-state index < -0.39 is 11.5 Å². The van der Waals surface area contributed by atoms with Crippen molar-refractivity contribution in [2.24, 2.45) is 5.92 Å². The minimum atomic E-state index is -0.547. The summed E-state index contributed by atoms with van der Waals surface area (Å²) >= 11 is 0. The number of aryl methyl sites for hydroxylation is 1. The van der Waals surface area contributed by atoms with Crippen molar-refractivity contribution in [3.63, 3.8) is 0 Å². The highest BCUT2D eigenvalue weighted by Crippen LogP contribution is 2.34. The molecule has 0 unspecified atom stereocenters. The topological polar surface area (TPSA) is 79.4 Å². The van der Waals surface area contributed by atoms with Crippen molar-refractivity contribution in [3.8, 4) is 5.75 Å². The van der Waals surface area contributed by atoms with E-state index in [1.807, 2.05) is 45.9 Å². The molecule has 0 aromatic heterocycles. The van der Waals surface area contributed by atoms with Crippen molar-refractivity contribution in [2.75, 3.05) is 44.7 Å². The molecule has 0 aliphatic carbocycles. The molecular formula is C22H31N3O5. The van der Waals surface area contributed by atoms with E-state index in [1.165, 1.54) is 0 Å². The van der Waals surface area contributed by atoms with Gasteiger partial charge < -0.3 is 24.2 Å². The SMILES string of the molecule is COc1ccc(C)cc1N1C[C@@H](C(=O)N2CCN(C(=O)OC(C)(C)C)CC2)CC1=O. The monoisotopic (exact) mass is 417 g/mol. The summed E-state index contributed by atoms with van der Waals surface area (Å²) in [5, 5.41) is 0. The van der Waals surface area contributed by atoms with Crippen LogP contribution >= 0.6 is 0 Å². The highest BCUT2D eigenvalue weighted by molar-refractivity contribution is 6.01. The molecule has 164 valence electrons. The van der Waals surface area contributed by atoms with Gasteiger partial charge in [0.15, 0.2) is 0 Å². The van der Waals surface area contributed by atoms with Gasteiger partial charge >= 0.3 is 6.09 Å². The number of hydrogen-bond donors (Lipinski definition) is 0. The Hall–Kier alpha value is -2.77. The van der Waals surface area contributed by atoms with Crippen LogP contribution in [0.4, 0.5) is 10.5 Å². The van der Waals surface area contributed by atoms with Crippen LogP contribution in [0.25, 0.3) is 0 Å². The highest BCUT2D eigenvalue weighted by atomic mass is 16.6. The van der Waals surface area contributed by atoms with E-state index in [0.717, 1.165) is 5.56 Å². The van der Waals surface area contributed by atoms with Crippen LogP contribution in [0.15, 0.2) is 18.2 Å². The molecule has 0 bridgehead atoms. The summed E-state index contributed by atoms with van der Waals surface area (Å²) in [4.78, 5) is 42.9. The van der Waals surface area contributed by atoms with Crippen LogP contribution < -0.4 is 9.64 Å². The first kappa shape index (κ1) is 21.9. The third kappa shape index (κ3) is 4.86. The fourth-order valence-electron chi connectivity index (χ4n) is 3.81. The lowest BCUT2D eigenvalue weighted by molar-refractivity contribution is -0.137. The second kappa shape index (κ2) is 8.53. The fraction of sp³-hybridized carbons (Fsp3) is 0.591. The van der Waals surface area contributed by atoms with Gasteiger partial charge in [0.2, 0.25) is 11.8 Å². The van der Waals surface area contributed by atoms with Crippen LogP contribution in [0.3, 0.4) is 0 Å². The lowest BCUT2D eigenvalue weighted by Crippen LogP contribution is -2.53. The van der Waals surface area contributed by atoms with Crippen LogP contribution in [0.1, 0.15) is 32.8 Å². The number of carbonyl (C=O) groups is 3. The molecule has 0 radical (unpaired) electrons. The molecule has 3 rings (SSSR count). The van der Waals surface area contributed by atoms with Crippen LogP contribution in [0, 0.1) is 12.8 Å². The summed E-state index contributed by atoms with van der Waals surface area (Å²) in [6, 6.07) is 5.67. The van der Waals surface area contributed by atoms with E-state index in [-0.39, 0.29) is 24.3 Å². The van der Waals surface area contributed by atoms with Crippen molar-refractivity contribution < 1.29 is 23.9 Å². The number of amides is 3. The second-order valence-electron chi connectivity index (χ2n) is 8.87. The molecule has 0 N–H and O–H groups in total. The number of rotatable bonds is 3. The average Bonchev–Trinajstić information content (AvgIpc) is 3.07. The molecule has 0 spiro atoms. The Labute approximate surface area is 177 Å². The number of anilines is 1. The zero-order valence-corrected chi connectivity index (χ0v) is 18.4. The largest absolute Gasteiger partial charge is 0.495 e. The van der Waals surface area contributed by atoms with Gasteiger partial charge in [-0.1, -0.05) is 6.07 Å². The van der Waals surface area contributed by atoms with Gasteiger partial charge in [0.25, 0.3) is 0 Å². The van der Waals surface area contributed by atoms with Crippen molar-refractivity contribution in [1.29, 1.82) is 0 Å². The first-order valence-electron chi connectivity index (χ1n) is 10.3. The van der Waals surface area contributed by atoms with Crippen molar-refractivity contribution in [1.82, 2.24) is 9.80 Å². The maximum absolute atomic E-state index is 13.0. The zero-order chi connectivity index (χ0) is 22.1. The van der Waals surface area contributed by atoms with Gasteiger partial charge in [-0.25, -0.2) is 4.79 Å². The minimum absolute atomic E-state index is 0.0405. The number of hydrogen-bond acceptors (Lipinski definition) is 5. The number of nitrogens with zero attached hydrogens (tertiary/aromatic N) is 3. The van der Waals surface area contributed by atoms with Gasteiger partial charge in [-0.15, -0.1) is 0 Å². The molecule has 2 fully saturated rings. The first-order chi connectivity index (χ1) is 14.1. The van der Waals surface area contributed by atoms with Crippen LogP contribution in [0.2, 0.25) is 0 Å². The van der Waals surface area contributed by atoms with Gasteiger partial charge in [-0.3, -0.25) is 9.59 Å². The predicted molar refractivity (Wildman–Crippen MR) is 113 cm³/mol. The Kier molecular flexibility index (Phi) is 6.24. The lowest BCUT2D eigenvalue weighted by Gasteiger charge is -2.36. The third-order valence-electron chi connectivity index (χ3n) is 5.34. The summed E-state index contributed by atoms with van der Waals surface area (Å²) in [5.41, 5.74) is 1.17. The Balaban J connectivity index is 1.61. The molecule has 30 heavy (non-hydrogen) atoms. The van der Waals surface area contributed by atoms with E-state index >= 15 is 0 Å². The van der Waals surface area contributed by atoms with Crippen molar-refractivity contribution in [2.45, 2.75) is 39.7 Å². The minimum Gasteiger partial charge on any atom is -0.495 e. The molecule has 2 heterocycles. The highest BCUT2D eigenvalue weighted by Gasteiger charge is 2.39. The first-order valence-corrected chi connectivity index (χ1v) is 10.3. The van der Waals surface area contributed by atoms with E-state index in [4.69, 9.17) is 9.47 Å². The van der Waals surface area contributed by atoms with E-state index in [2.05, 4.69) is 0 Å². The van der Waals surface area contributed by atoms with Crippen LogP contribution in [-0.2, 0) is 14.3 Å². The quantitative estimate of drug-likeness (QED) is 0.755. The molecule has 3 amide bonds. The molecule has 2 aliphatic heterocycles. The van der Waals surface area contributed by atoms with Crippen LogP contribution in [-0.4, -0.2) is 73.1 Å². The predicted octanol–water partition coefficient (Wildman–Crippen LogP) is 2.44. The molecule has 1 atom stereocenters. The number of methoxy groups -OCH3 is 1. The summed E-state index contributed by atoms with van der Waals surface area (Å²) in [5.74, 6) is 0.106. The van der Waals surface area contributed by atoms with Gasteiger partial charge in [-0.05, 0) is 45.4 Å². The van der Waals surface area contributed by atoms with E-state index in [0.29, 0.717) is 44.2 Å². The zero-order valence-electron chi connectivity index (χ0n) is 18.4. The lowest BCUT2D eigenvalue weighted by atomic mass is 10.1. The summed E-state index contributed by atoms with van der Waals surface area (Å²) in [6.45, 7) is 9.52. The van der Waals surface area contributed by atoms with Gasteiger partial charge in [0.05, 0.1) is 18.7 Å².